The van der Waals surface area contributed by atoms with E-state index in [1.807, 2.05) is 0 Å². The summed E-state index contributed by atoms with van der Waals surface area (Å²) in [6.07, 6.45) is 12.8. The molecule has 1 saturated carbocycles. The van der Waals surface area contributed by atoms with Gasteiger partial charge in [0.15, 0.2) is 0 Å². The minimum absolute atomic E-state index is 0.894. The number of rotatable bonds is 7. The summed E-state index contributed by atoms with van der Waals surface area (Å²) >= 11 is 0. The molecule has 2 rings (SSSR count). The SMILES string of the molecule is C1CCCN(CCCCCNC2CC2)CC1. The Balaban J connectivity index is 1.40. The van der Waals surface area contributed by atoms with Gasteiger partial charge >= 0.3 is 0 Å². The quantitative estimate of drug-likeness (QED) is 0.669. The van der Waals surface area contributed by atoms with Gasteiger partial charge in [0.05, 0.1) is 0 Å². The Morgan fingerprint density at radius 1 is 0.875 bits per heavy atom. The molecule has 1 saturated heterocycles. The molecule has 0 aromatic carbocycles. The summed E-state index contributed by atoms with van der Waals surface area (Å²) in [5, 5.41) is 3.59. The molecule has 0 atom stereocenters. The fourth-order valence-corrected chi connectivity index (χ4v) is 2.59. The van der Waals surface area contributed by atoms with Crippen LogP contribution in [0.5, 0.6) is 0 Å². The van der Waals surface area contributed by atoms with Crippen LogP contribution in [0, 0.1) is 0 Å². The first-order valence-corrected chi connectivity index (χ1v) is 7.41. The van der Waals surface area contributed by atoms with Crippen molar-refractivity contribution < 1.29 is 0 Å². The molecule has 0 unspecified atom stereocenters. The highest BCUT2D eigenvalue weighted by molar-refractivity contribution is 4.80. The number of unbranched alkanes of at least 4 members (excludes halogenated alkanes) is 2. The molecule has 94 valence electrons. The molecule has 0 radical (unpaired) electrons. The van der Waals surface area contributed by atoms with Gasteiger partial charge in [0.1, 0.15) is 0 Å². The third-order valence-electron chi connectivity index (χ3n) is 3.86. The lowest BCUT2D eigenvalue weighted by Crippen LogP contribution is -2.26. The van der Waals surface area contributed by atoms with Crippen LogP contribution in [0.3, 0.4) is 0 Å². The zero-order valence-corrected chi connectivity index (χ0v) is 10.7. The molecule has 0 aromatic heterocycles. The molecule has 0 amide bonds. The van der Waals surface area contributed by atoms with Crippen molar-refractivity contribution in [3.8, 4) is 0 Å². The Morgan fingerprint density at radius 2 is 1.62 bits per heavy atom. The molecular formula is C14H28N2. The maximum absolute atomic E-state index is 3.59. The molecule has 1 aliphatic carbocycles. The number of likely N-dealkylation sites (tertiary alicyclic amines) is 1. The van der Waals surface area contributed by atoms with Crippen molar-refractivity contribution in [1.82, 2.24) is 10.2 Å². The summed E-state index contributed by atoms with van der Waals surface area (Å²) in [5.74, 6) is 0. The second kappa shape index (κ2) is 7.29. The molecule has 0 spiro atoms. The van der Waals surface area contributed by atoms with E-state index in [0.717, 1.165) is 6.04 Å². The summed E-state index contributed by atoms with van der Waals surface area (Å²) in [6.45, 7) is 5.33. The lowest BCUT2D eigenvalue weighted by Gasteiger charge is -2.19. The molecule has 16 heavy (non-hydrogen) atoms. The molecule has 0 bridgehead atoms. The standard InChI is InChI=1S/C14H28N2/c1-2-6-12-16(11-5-1)13-7-3-4-10-15-14-8-9-14/h14-15H,1-13H2. The Kier molecular flexibility index (Phi) is 5.64. The van der Waals surface area contributed by atoms with Crippen molar-refractivity contribution in [1.29, 1.82) is 0 Å². The third-order valence-corrected chi connectivity index (χ3v) is 3.86. The smallest absolute Gasteiger partial charge is 0.00682 e. The van der Waals surface area contributed by atoms with E-state index in [0.29, 0.717) is 0 Å². The minimum atomic E-state index is 0.894. The summed E-state index contributed by atoms with van der Waals surface area (Å²) < 4.78 is 0. The highest BCUT2D eigenvalue weighted by Crippen LogP contribution is 2.18. The first kappa shape index (κ1) is 12.4. The summed E-state index contributed by atoms with van der Waals surface area (Å²) in [7, 11) is 0. The molecular weight excluding hydrogens is 196 g/mol. The van der Waals surface area contributed by atoms with Crippen LogP contribution in [-0.4, -0.2) is 37.1 Å². The van der Waals surface area contributed by atoms with E-state index in [9.17, 15) is 0 Å². The second-order valence-electron chi connectivity index (χ2n) is 5.54. The van der Waals surface area contributed by atoms with Crippen molar-refractivity contribution in [2.75, 3.05) is 26.2 Å². The van der Waals surface area contributed by atoms with E-state index in [1.54, 1.807) is 0 Å². The summed E-state index contributed by atoms with van der Waals surface area (Å²) in [4.78, 5) is 2.68. The van der Waals surface area contributed by atoms with E-state index < -0.39 is 0 Å². The number of hydrogen-bond acceptors (Lipinski definition) is 2. The molecule has 2 aliphatic rings. The van der Waals surface area contributed by atoms with Crippen LogP contribution in [0.1, 0.15) is 57.8 Å². The number of nitrogens with zero attached hydrogens (tertiary/aromatic N) is 1. The average Bonchev–Trinajstić information content (AvgIpc) is 3.10. The fraction of sp³-hybridized carbons (Fsp3) is 1.00. The minimum Gasteiger partial charge on any atom is -0.314 e. The van der Waals surface area contributed by atoms with Crippen LogP contribution in [0.4, 0.5) is 0 Å². The van der Waals surface area contributed by atoms with Gasteiger partial charge < -0.3 is 10.2 Å². The highest BCUT2D eigenvalue weighted by atomic mass is 15.1. The van der Waals surface area contributed by atoms with Crippen molar-refractivity contribution >= 4 is 0 Å². The van der Waals surface area contributed by atoms with Crippen LogP contribution < -0.4 is 5.32 Å². The largest absolute Gasteiger partial charge is 0.314 e. The zero-order valence-electron chi connectivity index (χ0n) is 10.7. The molecule has 1 heterocycles. The van der Waals surface area contributed by atoms with E-state index in [-0.39, 0.29) is 0 Å². The van der Waals surface area contributed by atoms with E-state index in [1.165, 1.54) is 84.0 Å². The van der Waals surface area contributed by atoms with Gasteiger partial charge in [0, 0.05) is 6.04 Å². The maximum atomic E-state index is 3.59. The van der Waals surface area contributed by atoms with Gasteiger partial charge in [-0.25, -0.2) is 0 Å². The monoisotopic (exact) mass is 224 g/mol. The van der Waals surface area contributed by atoms with Crippen molar-refractivity contribution in [2.45, 2.75) is 63.8 Å². The van der Waals surface area contributed by atoms with Crippen LogP contribution >= 0.6 is 0 Å². The normalized spacial score (nSPS) is 23.2. The molecule has 1 aliphatic heterocycles. The molecule has 1 N–H and O–H groups in total. The third kappa shape index (κ3) is 5.31. The van der Waals surface area contributed by atoms with Gasteiger partial charge in [0.25, 0.3) is 0 Å². The predicted molar refractivity (Wildman–Crippen MR) is 69.8 cm³/mol. The van der Waals surface area contributed by atoms with Crippen molar-refractivity contribution in [3.63, 3.8) is 0 Å². The van der Waals surface area contributed by atoms with Crippen LogP contribution in [0.2, 0.25) is 0 Å². The van der Waals surface area contributed by atoms with Crippen LogP contribution in [0.25, 0.3) is 0 Å². The first-order valence-electron chi connectivity index (χ1n) is 7.41. The highest BCUT2D eigenvalue weighted by Gasteiger charge is 2.19. The Hall–Kier alpha value is -0.0800. The van der Waals surface area contributed by atoms with Gasteiger partial charge in [0.2, 0.25) is 0 Å². The maximum Gasteiger partial charge on any atom is 0.00682 e. The lowest BCUT2D eigenvalue weighted by atomic mass is 10.2. The van der Waals surface area contributed by atoms with E-state index in [4.69, 9.17) is 0 Å². The first-order chi connectivity index (χ1) is 7.95. The lowest BCUT2D eigenvalue weighted by molar-refractivity contribution is 0.278. The second-order valence-corrected chi connectivity index (χ2v) is 5.54. The van der Waals surface area contributed by atoms with Gasteiger partial charge in [-0.05, 0) is 64.7 Å². The van der Waals surface area contributed by atoms with Gasteiger partial charge in [-0.2, -0.15) is 0 Å². The summed E-state index contributed by atoms with van der Waals surface area (Å²) in [5.41, 5.74) is 0. The van der Waals surface area contributed by atoms with Crippen LogP contribution in [-0.2, 0) is 0 Å². The van der Waals surface area contributed by atoms with Gasteiger partial charge in [-0.3, -0.25) is 0 Å². The average molecular weight is 224 g/mol. The molecule has 0 aromatic rings. The molecule has 2 nitrogen and oxygen atoms in total. The molecule has 2 heteroatoms. The Labute approximate surface area is 101 Å². The van der Waals surface area contributed by atoms with Crippen molar-refractivity contribution in [2.24, 2.45) is 0 Å². The molecule has 2 fully saturated rings. The predicted octanol–water partition coefficient (Wildman–Crippen LogP) is 2.78. The van der Waals surface area contributed by atoms with E-state index >= 15 is 0 Å². The zero-order chi connectivity index (χ0) is 11.1. The van der Waals surface area contributed by atoms with Gasteiger partial charge in [-0.1, -0.05) is 19.3 Å². The summed E-state index contributed by atoms with van der Waals surface area (Å²) in [6, 6.07) is 0.894. The van der Waals surface area contributed by atoms with Crippen LogP contribution in [0.15, 0.2) is 0 Å². The number of hydrogen-bond donors (Lipinski definition) is 1. The Morgan fingerprint density at radius 3 is 2.31 bits per heavy atom. The van der Waals surface area contributed by atoms with E-state index in [2.05, 4.69) is 10.2 Å². The Bertz CT molecular complexity index is 170. The topological polar surface area (TPSA) is 15.3 Å². The van der Waals surface area contributed by atoms with Crippen molar-refractivity contribution in [3.05, 3.63) is 0 Å². The number of nitrogens with one attached hydrogen (secondary N) is 1. The van der Waals surface area contributed by atoms with Gasteiger partial charge in [-0.15, -0.1) is 0 Å². The fourth-order valence-electron chi connectivity index (χ4n) is 2.59.